The van der Waals surface area contributed by atoms with Crippen molar-refractivity contribution in [1.29, 1.82) is 0 Å². The molecule has 1 N–H and O–H groups in total. The third-order valence-corrected chi connectivity index (χ3v) is 4.73. The van der Waals surface area contributed by atoms with Crippen LogP contribution < -0.4 is 4.72 Å². The largest absolute Gasteiger partial charge is 0.241 e. The number of benzene rings is 1. The molecule has 1 saturated carbocycles. The van der Waals surface area contributed by atoms with Gasteiger partial charge >= 0.3 is 0 Å². The van der Waals surface area contributed by atoms with E-state index in [1.807, 2.05) is 19.1 Å². The summed E-state index contributed by atoms with van der Waals surface area (Å²) in [6.07, 6.45) is 1.92. The SMILES string of the molecule is Cc1ccc(C(C)C)cc1S(=O)(=O)NC1CC1. The Hall–Kier alpha value is -0.870. The second kappa shape index (κ2) is 4.42. The van der Waals surface area contributed by atoms with E-state index in [2.05, 4.69) is 18.6 Å². The maximum atomic E-state index is 12.2. The van der Waals surface area contributed by atoms with Crippen molar-refractivity contribution in [2.24, 2.45) is 0 Å². The Bertz CT molecular complexity index is 516. The molecule has 0 bridgehead atoms. The van der Waals surface area contributed by atoms with Gasteiger partial charge in [-0.25, -0.2) is 13.1 Å². The van der Waals surface area contributed by atoms with Crippen molar-refractivity contribution >= 4 is 10.0 Å². The lowest BCUT2D eigenvalue weighted by atomic mass is 10.0. The van der Waals surface area contributed by atoms with Gasteiger partial charge in [-0.2, -0.15) is 0 Å². The maximum absolute atomic E-state index is 12.2. The van der Waals surface area contributed by atoms with Gasteiger partial charge in [-0.1, -0.05) is 26.0 Å². The van der Waals surface area contributed by atoms with Crippen LogP contribution in [0.2, 0.25) is 0 Å². The highest BCUT2D eigenvalue weighted by molar-refractivity contribution is 7.89. The smallest absolute Gasteiger partial charge is 0.208 e. The van der Waals surface area contributed by atoms with E-state index in [-0.39, 0.29) is 6.04 Å². The third-order valence-electron chi connectivity index (χ3n) is 3.07. The summed E-state index contributed by atoms with van der Waals surface area (Å²) in [5.74, 6) is 0.338. The predicted molar refractivity (Wildman–Crippen MR) is 68.6 cm³/mol. The van der Waals surface area contributed by atoms with Gasteiger partial charge in [-0.15, -0.1) is 0 Å². The molecule has 1 aromatic carbocycles. The zero-order chi connectivity index (χ0) is 12.6. The summed E-state index contributed by atoms with van der Waals surface area (Å²) in [5.41, 5.74) is 1.87. The first-order valence-corrected chi connectivity index (χ1v) is 7.51. The molecule has 0 heterocycles. The molecule has 94 valence electrons. The summed E-state index contributed by atoms with van der Waals surface area (Å²) in [5, 5.41) is 0. The van der Waals surface area contributed by atoms with Crippen LogP contribution in [-0.4, -0.2) is 14.5 Å². The minimum atomic E-state index is -3.33. The van der Waals surface area contributed by atoms with Gasteiger partial charge < -0.3 is 0 Å². The fourth-order valence-electron chi connectivity index (χ4n) is 1.75. The number of nitrogens with one attached hydrogen (secondary N) is 1. The number of sulfonamides is 1. The summed E-state index contributed by atoms with van der Waals surface area (Å²) < 4.78 is 27.1. The van der Waals surface area contributed by atoms with Crippen molar-refractivity contribution < 1.29 is 8.42 Å². The summed E-state index contributed by atoms with van der Waals surface area (Å²) in [4.78, 5) is 0.426. The first kappa shape index (κ1) is 12.6. The zero-order valence-corrected chi connectivity index (χ0v) is 11.3. The summed E-state index contributed by atoms with van der Waals surface area (Å²) >= 11 is 0. The first-order valence-electron chi connectivity index (χ1n) is 6.03. The van der Waals surface area contributed by atoms with Crippen molar-refractivity contribution in [3.05, 3.63) is 29.3 Å². The maximum Gasteiger partial charge on any atom is 0.241 e. The van der Waals surface area contributed by atoms with Crippen LogP contribution in [0.5, 0.6) is 0 Å². The number of aryl methyl sites for hydroxylation is 1. The standard InChI is InChI=1S/C13H19NO2S/c1-9(2)11-5-4-10(3)13(8-11)17(15,16)14-12-6-7-12/h4-5,8-9,12,14H,6-7H2,1-3H3. The average Bonchev–Trinajstić information content (AvgIpc) is 3.00. The predicted octanol–water partition coefficient (Wildman–Crippen LogP) is 2.56. The first-order chi connectivity index (χ1) is 7.90. The van der Waals surface area contributed by atoms with Crippen molar-refractivity contribution in [2.75, 3.05) is 0 Å². The zero-order valence-electron chi connectivity index (χ0n) is 10.5. The Morgan fingerprint density at radius 1 is 1.29 bits per heavy atom. The van der Waals surface area contributed by atoms with Gasteiger partial charge in [0.05, 0.1) is 4.90 Å². The Morgan fingerprint density at radius 3 is 2.47 bits per heavy atom. The molecule has 0 unspecified atom stereocenters. The molecule has 0 saturated heterocycles. The molecule has 1 fully saturated rings. The van der Waals surface area contributed by atoms with Crippen LogP contribution in [0.15, 0.2) is 23.1 Å². The molecule has 0 aromatic heterocycles. The Balaban J connectivity index is 2.38. The van der Waals surface area contributed by atoms with Crippen LogP contribution in [0, 0.1) is 6.92 Å². The van der Waals surface area contributed by atoms with Crippen LogP contribution in [0.3, 0.4) is 0 Å². The Kier molecular flexibility index (Phi) is 3.27. The van der Waals surface area contributed by atoms with E-state index in [0.717, 1.165) is 24.0 Å². The van der Waals surface area contributed by atoms with Gasteiger partial charge in [-0.3, -0.25) is 0 Å². The van der Waals surface area contributed by atoms with E-state index in [9.17, 15) is 8.42 Å². The van der Waals surface area contributed by atoms with Crippen molar-refractivity contribution in [2.45, 2.75) is 50.5 Å². The molecule has 1 aliphatic carbocycles. The van der Waals surface area contributed by atoms with Crippen LogP contribution in [0.25, 0.3) is 0 Å². The summed E-state index contributed by atoms with van der Waals surface area (Å²) in [6.45, 7) is 5.97. The molecule has 2 rings (SSSR count). The van der Waals surface area contributed by atoms with Gasteiger partial charge in [0.2, 0.25) is 10.0 Å². The number of rotatable bonds is 4. The Labute approximate surface area is 103 Å². The van der Waals surface area contributed by atoms with Crippen LogP contribution in [0.4, 0.5) is 0 Å². The molecule has 1 aliphatic rings. The lowest BCUT2D eigenvalue weighted by Gasteiger charge is -2.12. The van der Waals surface area contributed by atoms with E-state index in [4.69, 9.17) is 0 Å². The van der Waals surface area contributed by atoms with Crippen LogP contribution in [0.1, 0.15) is 43.7 Å². The van der Waals surface area contributed by atoms with Crippen molar-refractivity contribution in [3.8, 4) is 0 Å². The highest BCUT2D eigenvalue weighted by Crippen LogP contribution is 2.25. The minimum Gasteiger partial charge on any atom is -0.208 e. The summed E-state index contributed by atoms with van der Waals surface area (Å²) in [6, 6.07) is 5.83. The van der Waals surface area contributed by atoms with Gasteiger partial charge in [-0.05, 0) is 42.9 Å². The van der Waals surface area contributed by atoms with E-state index >= 15 is 0 Å². The second-order valence-electron chi connectivity index (χ2n) is 5.08. The molecule has 3 nitrogen and oxygen atoms in total. The molecule has 0 atom stereocenters. The molecule has 1 aromatic rings. The van der Waals surface area contributed by atoms with Crippen LogP contribution in [-0.2, 0) is 10.0 Å². The molecule has 17 heavy (non-hydrogen) atoms. The fourth-order valence-corrected chi connectivity index (χ4v) is 3.33. The van der Waals surface area contributed by atoms with E-state index < -0.39 is 10.0 Å². The van der Waals surface area contributed by atoms with Crippen molar-refractivity contribution in [3.63, 3.8) is 0 Å². The molecule has 0 spiro atoms. The molecular formula is C13H19NO2S. The molecule has 0 radical (unpaired) electrons. The fraction of sp³-hybridized carbons (Fsp3) is 0.538. The van der Waals surface area contributed by atoms with Gasteiger partial charge in [0.1, 0.15) is 0 Å². The lowest BCUT2D eigenvalue weighted by molar-refractivity contribution is 0.580. The number of hydrogen-bond acceptors (Lipinski definition) is 2. The Morgan fingerprint density at radius 2 is 1.94 bits per heavy atom. The monoisotopic (exact) mass is 253 g/mol. The van der Waals surface area contributed by atoms with Gasteiger partial charge in [0.25, 0.3) is 0 Å². The normalized spacial score (nSPS) is 16.5. The average molecular weight is 253 g/mol. The van der Waals surface area contributed by atoms with E-state index in [0.29, 0.717) is 10.8 Å². The quantitative estimate of drug-likeness (QED) is 0.896. The minimum absolute atomic E-state index is 0.155. The molecular weight excluding hydrogens is 234 g/mol. The summed E-state index contributed by atoms with van der Waals surface area (Å²) in [7, 11) is -3.33. The molecule has 0 aliphatic heterocycles. The second-order valence-corrected chi connectivity index (χ2v) is 6.76. The van der Waals surface area contributed by atoms with E-state index in [1.54, 1.807) is 6.07 Å². The van der Waals surface area contributed by atoms with Crippen molar-refractivity contribution in [1.82, 2.24) is 4.72 Å². The third kappa shape index (κ3) is 2.87. The highest BCUT2D eigenvalue weighted by atomic mass is 32.2. The lowest BCUT2D eigenvalue weighted by Crippen LogP contribution is -2.26. The highest BCUT2D eigenvalue weighted by Gasteiger charge is 2.28. The number of hydrogen-bond donors (Lipinski definition) is 1. The van der Waals surface area contributed by atoms with Gasteiger partial charge in [0.15, 0.2) is 0 Å². The van der Waals surface area contributed by atoms with Gasteiger partial charge in [0, 0.05) is 6.04 Å². The van der Waals surface area contributed by atoms with E-state index in [1.165, 1.54) is 0 Å². The molecule has 4 heteroatoms. The topological polar surface area (TPSA) is 46.2 Å². The molecule has 0 amide bonds. The van der Waals surface area contributed by atoms with Crippen LogP contribution >= 0.6 is 0 Å².